The number of carbonyl (C=O) groups excluding carboxylic acids is 2. The highest BCUT2D eigenvalue weighted by Gasteiger charge is 2.32. The minimum atomic E-state index is -0.406. The van der Waals surface area contributed by atoms with E-state index in [1.54, 1.807) is 16.7 Å². The average Bonchev–Trinajstić information content (AvgIpc) is 3.36. The SMILES string of the molecule is O=C(NCc1nnc2n1C(C(=O)NCCc1ccc(Cl)cc1)CC2)c1ccc(Cl)cc1Cl. The predicted octanol–water partition coefficient (Wildman–Crippen LogP) is 4.01. The number of nitrogens with one attached hydrogen (secondary N) is 2. The first-order valence-electron chi connectivity index (χ1n) is 10.1. The van der Waals surface area contributed by atoms with E-state index in [9.17, 15) is 9.59 Å². The van der Waals surface area contributed by atoms with Crippen molar-refractivity contribution in [3.63, 3.8) is 0 Å². The third-order valence-electron chi connectivity index (χ3n) is 5.30. The van der Waals surface area contributed by atoms with Crippen LogP contribution in [0, 0.1) is 0 Å². The number of benzene rings is 2. The lowest BCUT2D eigenvalue weighted by Crippen LogP contribution is -2.34. The molecule has 0 fully saturated rings. The highest BCUT2D eigenvalue weighted by molar-refractivity contribution is 6.36. The zero-order valence-electron chi connectivity index (χ0n) is 16.9. The van der Waals surface area contributed by atoms with E-state index in [0.717, 1.165) is 11.4 Å². The van der Waals surface area contributed by atoms with Gasteiger partial charge < -0.3 is 15.2 Å². The van der Waals surface area contributed by atoms with Crippen molar-refractivity contribution in [1.29, 1.82) is 0 Å². The Morgan fingerprint density at radius 3 is 2.50 bits per heavy atom. The molecule has 2 heterocycles. The quantitative estimate of drug-likeness (QED) is 0.521. The summed E-state index contributed by atoms with van der Waals surface area (Å²) >= 11 is 17.9. The Hall–Kier alpha value is -2.61. The first kappa shape index (κ1) is 22.6. The van der Waals surface area contributed by atoms with Gasteiger partial charge in [-0.25, -0.2) is 0 Å². The number of nitrogens with zero attached hydrogens (tertiary/aromatic N) is 3. The Morgan fingerprint density at radius 1 is 1.00 bits per heavy atom. The Labute approximate surface area is 200 Å². The van der Waals surface area contributed by atoms with Gasteiger partial charge in [-0.05, 0) is 48.7 Å². The van der Waals surface area contributed by atoms with Gasteiger partial charge in [0.25, 0.3) is 5.91 Å². The molecule has 1 aliphatic rings. The topological polar surface area (TPSA) is 88.9 Å². The van der Waals surface area contributed by atoms with Crippen molar-refractivity contribution < 1.29 is 9.59 Å². The number of aryl methyl sites for hydroxylation is 1. The summed E-state index contributed by atoms with van der Waals surface area (Å²) in [6.07, 6.45) is 2.00. The fourth-order valence-corrected chi connectivity index (χ4v) is 4.30. The molecule has 0 saturated heterocycles. The molecule has 1 aromatic heterocycles. The lowest BCUT2D eigenvalue weighted by atomic mass is 10.1. The standard InChI is InChI=1S/C22H20Cl3N5O2/c23-14-3-1-13(2-4-14)9-10-26-22(32)18-7-8-19-28-29-20(30(18)19)12-27-21(31)16-6-5-15(24)11-17(16)25/h1-6,11,18H,7-10,12H2,(H,26,32)(H,27,31). The molecule has 2 N–H and O–H groups in total. The molecule has 0 spiro atoms. The summed E-state index contributed by atoms with van der Waals surface area (Å²) < 4.78 is 1.81. The maximum atomic E-state index is 12.8. The van der Waals surface area contributed by atoms with Crippen LogP contribution in [-0.2, 0) is 24.2 Å². The van der Waals surface area contributed by atoms with Crippen LogP contribution in [0.5, 0.6) is 0 Å². The fourth-order valence-electron chi connectivity index (χ4n) is 3.68. The Balaban J connectivity index is 1.36. The van der Waals surface area contributed by atoms with Crippen molar-refractivity contribution in [1.82, 2.24) is 25.4 Å². The maximum Gasteiger partial charge on any atom is 0.253 e. The second-order valence-electron chi connectivity index (χ2n) is 7.43. The first-order chi connectivity index (χ1) is 15.4. The van der Waals surface area contributed by atoms with Crippen molar-refractivity contribution in [3.05, 3.63) is 80.3 Å². The molecule has 0 saturated carbocycles. The van der Waals surface area contributed by atoms with Crippen LogP contribution in [0.1, 0.15) is 40.0 Å². The van der Waals surface area contributed by atoms with Crippen LogP contribution in [0.25, 0.3) is 0 Å². The van der Waals surface area contributed by atoms with Crippen LogP contribution in [0.2, 0.25) is 15.1 Å². The van der Waals surface area contributed by atoms with Crippen molar-refractivity contribution in [2.75, 3.05) is 6.54 Å². The number of fused-ring (bicyclic) bond motifs is 1. The van der Waals surface area contributed by atoms with Crippen LogP contribution >= 0.6 is 34.8 Å². The van der Waals surface area contributed by atoms with Gasteiger partial charge in [-0.3, -0.25) is 9.59 Å². The zero-order valence-corrected chi connectivity index (χ0v) is 19.2. The normalized spacial score (nSPS) is 14.8. The third-order valence-corrected chi connectivity index (χ3v) is 6.10. The van der Waals surface area contributed by atoms with Gasteiger partial charge in [0.2, 0.25) is 5.91 Å². The number of hydrogen-bond acceptors (Lipinski definition) is 4. The van der Waals surface area contributed by atoms with Crippen molar-refractivity contribution in [3.8, 4) is 0 Å². The third kappa shape index (κ3) is 5.06. The van der Waals surface area contributed by atoms with Gasteiger partial charge in [0.1, 0.15) is 11.9 Å². The lowest BCUT2D eigenvalue weighted by Gasteiger charge is -2.16. The Morgan fingerprint density at radius 2 is 1.75 bits per heavy atom. The number of halogens is 3. The molecule has 7 nitrogen and oxygen atoms in total. The smallest absolute Gasteiger partial charge is 0.253 e. The summed E-state index contributed by atoms with van der Waals surface area (Å²) in [5.74, 6) is 0.808. The van der Waals surface area contributed by atoms with Crippen molar-refractivity contribution >= 4 is 46.6 Å². The predicted molar refractivity (Wildman–Crippen MR) is 123 cm³/mol. The number of hydrogen-bond donors (Lipinski definition) is 2. The molecule has 2 amide bonds. The Kier molecular flexibility index (Phi) is 6.98. The summed E-state index contributed by atoms with van der Waals surface area (Å²) in [6, 6.07) is 11.8. The summed E-state index contributed by atoms with van der Waals surface area (Å²) in [4.78, 5) is 25.3. The summed E-state index contributed by atoms with van der Waals surface area (Å²) in [7, 11) is 0. The van der Waals surface area contributed by atoms with Gasteiger partial charge in [-0.15, -0.1) is 10.2 Å². The van der Waals surface area contributed by atoms with Crippen LogP contribution < -0.4 is 10.6 Å². The number of carbonyl (C=O) groups is 2. The molecule has 0 aliphatic carbocycles. The van der Waals surface area contributed by atoms with Gasteiger partial charge in [-0.1, -0.05) is 46.9 Å². The van der Waals surface area contributed by atoms with Gasteiger partial charge >= 0.3 is 0 Å². The van der Waals surface area contributed by atoms with Crippen molar-refractivity contribution in [2.45, 2.75) is 31.8 Å². The molecular weight excluding hydrogens is 473 g/mol. The van der Waals surface area contributed by atoms with E-state index in [2.05, 4.69) is 20.8 Å². The van der Waals surface area contributed by atoms with Gasteiger partial charge in [-0.2, -0.15) is 0 Å². The van der Waals surface area contributed by atoms with E-state index in [-0.39, 0.29) is 23.4 Å². The monoisotopic (exact) mass is 491 g/mol. The molecule has 0 radical (unpaired) electrons. The minimum absolute atomic E-state index is 0.0918. The molecule has 1 aliphatic heterocycles. The van der Waals surface area contributed by atoms with Crippen LogP contribution in [0.15, 0.2) is 42.5 Å². The van der Waals surface area contributed by atoms with Crippen LogP contribution in [0.3, 0.4) is 0 Å². The van der Waals surface area contributed by atoms with Crippen LogP contribution in [-0.4, -0.2) is 33.1 Å². The molecule has 1 atom stereocenters. The molecule has 32 heavy (non-hydrogen) atoms. The summed E-state index contributed by atoms with van der Waals surface area (Å²) in [5.41, 5.74) is 1.41. The Bertz CT molecular complexity index is 1150. The van der Waals surface area contributed by atoms with E-state index in [1.807, 2.05) is 24.3 Å². The summed E-state index contributed by atoms with van der Waals surface area (Å²) in [6.45, 7) is 0.634. The van der Waals surface area contributed by atoms with Crippen LogP contribution in [0.4, 0.5) is 0 Å². The fraction of sp³-hybridized carbons (Fsp3) is 0.273. The van der Waals surface area contributed by atoms with Gasteiger partial charge in [0.15, 0.2) is 5.82 Å². The molecule has 166 valence electrons. The molecule has 4 rings (SSSR count). The molecule has 0 bridgehead atoms. The van der Waals surface area contributed by atoms with E-state index in [4.69, 9.17) is 34.8 Å². The highest BCUT2D eigenvalue weighted by atomic mass is 35.5. The van der Waals surface area contributed by atoms with E-state index < -0.39 is 6.04 Å². The minimum Gasteiger partial charge on any atom is -0.354 e. The second kappa shape index (κ2) is 9.90. The summed E-state index contributed by atoms with van der Waals surface area (Å²) in [5, 5.41) is 15.5. The average molecular weight is 493 g/mol. The van der Waals surface area contributed by atoms with E-state index in [1.165, 1.54) is 6.07 Å². The largest absolute Gasteiger partial charge is 0.354 e. The number of amides is 2. The number of aromatic nitrogens is 3. The molecule has 10 heteroatoms. The number of rotatable bonds is 7. The first-order valence-corrected chi connectivity index (χ1v) is 11.2. The van der Waals surface area contributed by atoms with Gasteiger partial charge in [0.05, 0.1) is 17.1 Å². The van der Waals surface area contributed by atoms with Crippen molar-refractivity contribution in [2.24, 2.45) is 0 Å². The molecule has 1 unspecified atom stereocenters. The molecule has 3 aromatic rings. The highest BCUT2D eigenvalue weighted by Crippen LogP contribution is 2.26. The lowest BCUT2D eigenvalue weighted by molar-refractivity contribution is -0.124. The van der Waals surface area contributed by atoms with E-state index in [0.29, 0.717) is 47.2 Å². The van der Waals surface area contributed by atoms with E-state index >= 15 is 0 Å². The maximum absolute atomic E-state index is 12.8. The molecule has 2 aromatic carbocycles. The second-order valence-corrected chi connectivity index (χ2v) is 8.71. The molecular formula is C22H20Cl3N5O2. The van der Waals surface area contributed by atoms with Gasteiger partial charge in [0, 0.05) is 23.0 Å². The zero-order chi connectivity index (χ0) is 22.7.